The lowest BCUT2D eigenvalue weighted by Crippen LogP contribution is -2.30. The first-order chi connectivity index (χ1) is 11.5. The van der Waals surface area contributed by atoms with Crippen LogP contribution >= 0.6 is 23.2 Å². The number of nitrogens with zero attached hydrogens (tertiary/aromatic N) is 1. The second-order valence-corrected chi connectivity index (χ2v) is 5.56. The molecule has 0 saturated carbocycles. The molecule has 128 valence electrons. The molecule has 0 aliphatic heterocycles. The fourth-order valence-electron chi connectivity index (χ4n) is 2.17. The molecule has 0 radical (unpaired) electrons. The lowest BCUT2D eigenvalue weighted by Gasteiger charge is -2.13. The molecule has 8 heteroatoms. The van der Waals surface area contributed by atoms with E-state index < -0.39 is 0 Å². The van der Waals surface area contributed by atoms with Gasteiger partial charge in [0, 0.05) is 12.2 Å². The Hall–Kier alpha value is -2.18. The number of anilines is 1. The van der Waals surface area contributed by atoms with Crippen molar-refractivity contribution in [1.29, 1.82) is 0 Å². The van der Waals surface area contributed by atoms with Gasteiger partial charge in [-0.3, -0.25) is 0 Å². The van der Waals surface area contributed by atoms with Crippen molar-refractivity contribution in [2.75, 3.05) is 26.1 Å². The monoisotopic (exact) mass is 369 g/mol. The molecule has 2 aromatic rings. The van der Waals surface area contributed by atoms with Crippen molar-refractivity contribution in [3.05, 3.63) is 46.2 Å². The summed E-state index contributed by atoms with van der Waals surface area (Å²) in [5, 5.41) is 5.82. The molecule has 0 aliphatic carbocycles. The predicted molar refractivity (Wildman–Crippen MR) is 94.5 cm³/mol. The minimum Gasteiger partial charge on any atom is -0.493 e. The number of halogens is 2. The van der Waals surface area contributed by atoms with E-state index in [4.69, 9.17) is 32.7 Å². The van der Waals surface area contributed by atoms with Crippen molar-refractivity contribution >= 4 is 34.9 Å². The Kier molecular flexibility index (Phi) is 6.52. The van der Waals surface area contributed by atoms with Crippen molar-refractivity contribution in [2.24, 2.45) is 0 Å². The molecular formula is C16H17Cl2N3O3. The number of aromatic nitrogens is 1. The Morgan fingerprint density at radius 2 is 1.88 bits per heavy atom. The number of nitrogens with one attached hydrogen (secondary N) is 2. The number of ether oxygens (including phenoxy) is 2. The zero-order valence-electron chi connectivity index (χ0n) is 13.2. The minimum absolute atomic E-state index is 0.207. The summed E-state index contributed by atoms with van der Waals surface area (Å²) in [5.74, 6) is 1.32. The first kappa shape index (κ1) is 18.2. The summed E-state index contributed by atoms with van der Waals surface area (Å²) >= 11 is 11.6. The highest BCUT2D eigenvalue weighted by molar-refractivity contribution is 6.32. The second-order valence-electron chi connectivity index (χ2n) is 4.78. The van der Waals surface area contributed by atoms with Gasteiger partial charge in [-0.2, -0.15) is 0 Å². The van der Waals surface area contributed by atoms with Crippen molar-refractivity contribution in [1.82, 2.24) is 10.3 Å². The molecule has 1 aromatic heterocycles. The van der Waals surface area contributed by atoms with Crippen molar-refractivity contribution < 1.29 is 14.3 Å². The number of hydrogen-bond donors (Lipinski definition) is 2. The number of carbonyl (C=O) groups excluding carboxylic acids is 1. The average molecular weight is 370 g/mol. The summed E-state index contributed by atoms with van der Waals surface area (Å²) in [6.07, 6.45) is 0.589. The zero-order chi connectivity index (χ0) is 17.5. The van der Waals surface area contributed by atoms with Crippen molar-refractivity contribution in [3.8, 4) is 11.5 Å². The number of carbonyl (C=O) groups is 1. The van der Waals surface area contributed by atoms with E-state index in [0.29, 0.717) is 30.2 Å². The zero-order valence-corrected chi connectivity index (χ0v) is 14.7. The Balaban J connectivity index is 1.91. The van der Waals surface area contributed by atoms with Crippen LogP contribution in [0.25, 0.3) is 0 Å². The van der Waals surface area contributed by atoms with E-state index in [1.807, 2.05) is 18.2 Å². The topological polar surface area (TPSA) is 72.5 Å². The van der Waals surface area contributed by atoms with Gasteiger partial charge in [-0.05, 0) is 30.2 Å². The number of hydrogen-bond acceptors (Lipinski definition) is 4. The third kappa shape index (κ3) is 4.91. The van der Waals surface area contributed by atoms with Gasteiger partial charge >= 0.3 is 6.03 Å². The van der Waals surface area contributed by atoms with Crippen LogP contribution in [-0.4, -0.2) is 31.8 Å². The predicted octanol–water partition coefficient (Wildman–Crippen LogP) is 3.77. The normalized spacial score (nSPS) is 10.2. The number of urea groups is 1. The molecule has 24 heavy (non-hydrogen) atoms. The Bertz CT molecular complexity index is 705. The van der Waals surface area contributed by atoms with E-state index in [1.54, 1.807) is 14.2 Å². The van der Waals surface area contributed by atoms with Gasteiger partial charge in [0.1, 0.15) is 10.3 Å². The fraction of sp³-hybridized carbons (Fsp3) is 0.250. The van der Waals surface area contributed by atoms with Gasteiger partial charge < -0.3 is 20.1 Å². The Morgan fingerprint density at radius 3 is 2.50 bits per heavy atom. The SMILES string of the molecule is COc1cccc(CCNC(=O)Nc2cc(Cl)nc(Cl)c2)c1OC. The van der Waals surface area contributed by atoms with Crippen molar-refractivity contribution in [2.45, 2.75) is 6.42 Å². The lowest BCUT2D eigenvalue weighted by molar-refractivity contribution is 0.252. The van der Waals surface area contributed by atoms with Gasteiger partial charge in [-0.25, -0.2) is 9.78 Å². The maximum atomic E-state index is 11.9. The highest BCUT2D eigenvalue weighted by Gasteiger charge is 2.10. The summed E-state index contributed by atoms with van der Waals surface area (Å²) in [6, 6.07) is 8.27. The minimum atomic E-state index is -0.366. The van der Waals surface area contributed by atoms with E-state index in [1.165, 1.54) is 12.1 Å². The summed E-state index contributed by atoms with van der Waals surface area (Å²) < 4.78 is 10.6. The molecule has 0 unspecified atom stereocenters. The van der Waals surface area contributed by atoms with Crippen LogP contribution in [0.5, 0.6) is 11.5 Å². The van der Waals surface area contributed by atoms with Gasteiger partial charge in [-0.1, -0.05) is 35.3 Å². The van der Waals surface area contributed by atoms with Crippen LogP contribution in [0.3, 0.4) is 0 Å². The van der Waals surface area contributed by atoms with Crippen LogP contribution in [-0.2, 0) is 6.42 Å². The smallest absolute Gasteiger partial charge is 0.319 e. The Morgan fingerprint density at radius 1 is 1.17 bits per heavy atom. The number of amides is 2. The number of benzene rings is 1. The Labute approximate surface area is 150 Å². The van der Waals surface area contributed by atoms with Gasteiger partial charge in [0.2, 0.25) is 0 Å². The highest BCUT2D eigenvalue weighted by atomic mass is 35.5. The molecule has 0 saturated heterocycles. The summed E-state index contributed by atoms with van der Waals surface area (Å²) in [7, 11) is 3.16. The average Bonchev–Trinajstić information content (AvgIpc) is 2.53. The standard InChI is InChI=1S/C16H17Cl2N3O3/c1-23-12-5-3-4-10(15(12)24-2)6-7-19-16(22)20-11-8-13(17)21-14(18)9-11/h3-5,8-9H,6-7H2,1-2H3,(H2,19,20,21,22). The molecule has 0 atom stereocenters. The van der Waals surface area contributed by atoms with Gasteiger partial charge in [0.25, 0.3) is 0 Å². The van der Waals surface area contributed by atoms with E-state index in [-0.39, 0.29) is 16.3 Å². The second kappa shape index (κ2) is 8.61. The lowest BCUT2D eigenvalue weighted by atomic mass is 10.1. The van der Waals surface area contributed by atoms with Crippen molar-refractivity contribution in [3.63, 3.8) is 0 Å². The number of rotatable bonds is 6. The first-order valence-electron chi connectivity index (χ1n) is 7.11. The molecule has 0 bridgehead atoms. The van der Waals surface area contributed by atoms with Gasteiger partial charge in [0.05, 0.1) is 14.2 Å². The van der Waals surface area contributed by atoms with Gasteiger partial charge in [-0.15, -0.1) is 0 Å². The van der Waals surface area contributed by atoms with Crippen LogP contribution in [0.1, 0.15) is 5.56 Å². The highest BCUT2D eigenvalue weighted by Crippen LogP contribution is 2.30. The molecule has 2 rings (SSSR count). The third-order valence-electron chi connectivity index (χ3n) is 3.19. The summed E-state index contributed by atoms with van der Waals surface area (Å²) in [4.78, 5) is 15.7. The largest absolute Gasteiger partial charge is 0.493 e. The molecule has 0 aliphatic rings. The van der Waals surface area contributed by atoms with Gasteiger partial charge in [0.15, 0.2) is 11.5 Å². The molecule has 0 fully saturated rings. The molecule has 1 heterocycles. The van der Waals surface area contributed by atoms with Crippen LogP contribution < -0.4 is 20.1 Å². The molecule has 1 aromatic carbocycles. The van der Waals surface area contributed by atoms with E-state index in [0.717, 1.165) is 5.56 Å². The maximum Gasteiger partial charge on any atom is 0.319 e. The summed E-state index contributed by atoms with van der Waals surface area (Å²) in [6.45, 7) is 0.419. The third-order valence-corrected chi connectivity index (χ3v) is 3.57. The molecular weight excluding hydrogens is 353 g/mol. The van der Waals surface area contributed by atoms with E-state index >= 15 is 0 Å². The molecule has 2 amide bonds. The van der Waals surface area contributed by atoms with E-state index in [9.17, 15) is 4.79 Å². The molecule has 6 nitrogen and oxygen atoms in total. The number of pyridine rings is 1. The molecule has 0 spiro atoms. The molecule has 2 N–H and O–H groups in total. The van der Waals surface area contributed by atoms with Crippen LogP contribution in [0.2, 0.25) is 10.3 Å². The van der Waals surface area contributed by atoms with Crippen LogP contribution in [0, 0.1) is 0 Å². The quantitative estimate of drug-likeness (QED) is 0.760. The van der Waals surface area contributed by atoms with Crippen LogP contribution in [0.4, 0.5) is 10.5 Å². The first-order valence-corrected chi connectivity index (χ1v) is 7.87. The van der Waals surface area contributed by atoms with E-state index in [2.05, 4.69) is 15.6 Å². The fourth-order valence-corrected chi connectivity index (χ4v) is 2.63. The number of para-hydroxylation sites is 1. The van der Waals surface area contributed by atoms with Crippen LogP contribution in [0.15, 0.2) is 30.3 Å². The maximum absolute atomic E-state index is 11.9. The number of methoxy groups -OCH3 is 2. The summed E-state index contributed by atoms with van der Waals surface area (Å²) in [5.41, 5.74) is 1.41.